The number of para-hydroxylation sites is 1. The summed E-state index contributed by atoms with van der Waals surface area (Å²) in [4.78, 5) is 0.290. The lowest BCUT2D eigenvalue weighted by Gasteiger charge is -2.09. The second-order valence-electron chi connectivity index (χ2n) is 7.06. The Bertz CT molecular complexity index is 1660. The Labute approximate surface area is 171 Å². The van der Waals surface area contributed by atoms with E-state index in [2.05, 4.69) is 18.2 Å². The van der Waals surface area contributed by atoms with Crippen LogP contribution in [0.15, 0.2) is 95.9 Å². The van der Waals surface area contributed by atoms with E-state index < -0.39 is 10.0 Å². The summed E-state index contributed by atoms with van der Waals surface area (Å²) in [6.07, 6.45) is 0. The number of fused-ring (bicyclic) bond motifs is 6. The number of rotatable bonds is 2. The monoisotopic (exact) mass is 413 g/mol. The van der Waals surface area contributed by atoms with Gasteiger partial charge in [-0.15, -0.1) is 11.3 Å². The van der Waals surface area contributed by atoms with Crippen LogP contribution in [0.4, 0.5) is 0 Å². The maximum atomic E-state index is 13.6. The molecule has 0 bridgehead atoms. The molecule has 6 rings (SSSR count). The molecule has 0 saturated heterocycles. The summed E-state index contributed by atoms with van der Waals surface area (Å²) in [6.45, 7) is 0. The molecule has 0 aliphatic rings. The molecule has 29 heavy (non-hydrogen) atoms. The molecular formula is C24H15NO2S2. The molecule has 0 atom stereocenters. The summed E-state index contributed by atoms with van der Waals surface area (Å²) in [6, 6.07) is 28.8. The molecular weight excluding hydrogens is 398 g/mol. The predicted molar refractivity (Wildman–Crippen MR) is 121 cm³/mol. The Balaban J connectivity index is 1.82. The number of hydrogen-bond acceptors (Lipinski definition) is 3. The molecule has 0 spiro atoms. The van der Waals surface area contributed by atoms with Crippen molar-refractivity contribution in [1.82, 2.24) is 3.97 Å². The normalized spacial score (nSPS) is 12.4. The van der Waals surface area contributed by atoms with Crippen molar-refractivity contribution in [1.29, 1.82) is 0 Å². The second kappa shape index (κ2) is 5.92. The van der Waals surface area contributed by atoms with Crippen LogP contribution < -0.4 is 0 Å². The molecule has 0 saturated carbocycles. The first-order valence-electron chi connectivity index (χ1n) is 9.30. The van der Waals surface area contributed by atoms with Gasteiger partial charge in [-0.05, 0) is 36.4 Å². The zero-order valence-electron chi connectivity index (χ0n) is 15.2. The van der Waals surface area contributed by atoms with Crippen LogP contribution in [0.1, 0.15) is 0 Å². The van der Waals surface area contributed by atoms with Crippen molar-refractivity contribution >= 4 is 63.3 Å². The molecule has 0 aliphatic carbocycles. The molecule has 4 aromatic carbocycles. The molecule has 5 heteroatoms. The molecule has 3 nitrogen and oxygen atoms in total. The van der Waals surface area contributed by atoms with Gasteiger partial charge in [-0.2, -0.15) is 0 Å². The number of aromatic nitrogens is 1. The fourth-order valence-corrected chi connectivity index (χ4v) is 6.78. The summed E-state index contributed by atoms with van der Waals surface area (Å²) in [5.74, 6) is 0. The van der Waals surface area contributed by atoms with Gasteiger partial charge in [0.2, 0.25) is 0 Å². The molecule has 0 fully saturated rings. The molecule has 140 valence electrons. The third-order valence-electron chi connectivity index (χ3n) is 5.41. The average Bonchev–Trinajstić information content (AvgIpc) is 3.28. The van der Waals surface area contributed by atoms with Crippen LogP contribution in [-0.4, -0.2) is 12.4 Å². The average molecular weight is 414 g/mol. The lowest BCUT2D eigenvalue weighted by Crippen LogP contribution is -2.12. The highest BCUT2D eigenvalue weighted by molar-refractivity contribution is 7.90. The number of benzene rings is 4. The van der Waals surface area contributed by atoms with E-state index in [1.165, 1.54) is 13.4 Å². The summed E-state index contributed by atoms with van der Waals surface area (Å²) < 4.78 is 31.1. The summed E-state index contributed by atoms with van der Waals surface area (Å²) in [5.41, 5.74) is 1.42. The Kier molecular flexibility index (Phi) is 3.43. The lowest BCUT2D eigenvalue weighted by molar-refractivity contribution is 0.590. The van der Waals surface area contributed by atoms with Gasteiger partial charge >= 0.3 is 0 Å². The largest absolute Gasteiger partial charge is 0.268 e. The number of nitrogens with zero attached hydrogens (tertiary/aromatic N) is 1. The van der Waals surface area contributed by atoms with E-state index in [4.69, 9.17) is 0 Å². The van der Waals surface area contributed by atoms with E-state index in [0.717, 1.165) is 21.5 Å². The van der Waals surface area contributed by atoms with Crippen LogP contribution in [-0.2, 0) is 10.0 Å². The van der Waals surface area contributed by atoms with E-state index in [1.54, 1.807) is 35.6 Å². The third kappa shape index (κ3) is 2.32. The summed E-state index contributed by atoms with van der Waals surface area (Å²) in [5, 5.41) is 4.15. The van der Waals surface area contributed by atoms with Crippen LogP contribution in [0, 0.1) is 0 Å². The first-order chi connectivity index (χ1) is 14.1. The van der Waals surface area contributed by atoms with Gasteiger partial charge in [0, 0.05) is 30.9 Å². The van der Waals surface area contributed by atoms with Crippen LogP contribution >= 0.6 is 11.3 Å². The van der Waals surface area contributed by atoms with Gasteiger partial charge in [0.25, 0.3) is 10.0 Å². The van der Waals surface area contributed by atoms with Crippen molar-refractivity contribution in [3.05, 3.63) is 91.0 Å². The predicted octanol–water partition coefficient (Wildman–Crippen LogP) is 6.40. The van der Waals surface area contributed by atoms with E-state index in [0.29, 0.717) is 11.0 Å². The van der Waals surface area contributed by atoms with E-state index >= 15 is 0 Å². The Morgan fingerprint density at radius 2 is 1.28 bits per heavy atom. The van der Waals surface area contributed by atoms with Crippen LogP contribution in [0.3, 0.4) is 0 Å². The van der Waals surface area contributed by atoms with Crippen molar-refractivity contribution in [2.75, 3.05) is 0 Å². The first-order valence-corrected chi connectivity index (χ1v) is 11.6. The molecule has 0 N–H and O–H groups in total. The van der Waals surface area contributed by atoms with Crippen molar-refractivity contribution in [2.45, 2.75) is 4.90 Å². The molecule has 0 radical (unpaired) electrons. The molecule has 0 amide bonds. The zero-order valence-corrected chi connectivity index (χ0v) is 16.9. The van der Waals surface area contributed by atoms with Crippen molar-refractivity contribution in [2.24, 2.45) is 0 Å². The number of hydrogen-bond donors (Lipinski definition) is 0. The van der Waals surface area contributed by atoms with Crippen LogP contribution in [0.25, 0.3) is 42.0 Å². The van der Waals surface area contributed by atoms with Gasteiger partial charge < -0.3 is 0 Å². The first kappa shape index (κ1) is 16.8. The minimum atomic E-state index is -3.73. The smallest absolute Gasteiger partial charge is 0.233 e. The molecule has 0 unspecified atom stereocenters. The van der Waals surface area contributed by atoms with Crippen LogP contribution in [0.5, 0.6) is 0 Å². The van der Waals surface area contributed by atoms with E-state index in [1.807, 2.05) is 48.5 Å². The summed E-state index contributed by atoms with van der Waals surface area (Å²) >= 11 is 1.74. The lowest BCUT2D eigenvalue weighted by atomic mass is 10.1. The van der Waals surface area contributed by atoms with E-state index in [9.17, 15) is 8.42 Å². The fraction of sp³-hybridized carbons (Fsp3) is 0. The maximum absolute atomic E-state index is 13.6. The molecule has 0 aliphatic heterocycles. The highest BCUT2D eigenvalue weighted by Crippen LogP contribution is 2.40. The SMILES string of the molecule is O=S(=O)(c1ccccc1)n1c2ccccc2c2cc3sc4ccccc4c3cc21. The van der Waals surface area contributed by atoms with Gasteiger partial charge in [0.15, 0.2) is 0 Å². The minimum Gasteiger partial charge on any atom is -0.233 e. The Morgan fingerprint density at radius 3 is 2.10 bits per heavy atom. The molecule has 2 aromatic heterocycles. The minimum absolute atomic E-state index is 0.290. The maximum Gasteiger partial charge on any atom is 0.268 e. The van der Waals surface area contributed by atoms with Crippen LogP contribution in [0.2, 0.25) is 0 Å². The topological polar surface area (TPSA) is 39.1 Å². The highest BCUT2D eigenvalue weighted by atomic mass is 32.2. The van der Waals surface area contributed by atoms with Gasteiger partial charge in [-0.1, -0.05) is 54.6 Å². The second-order valence-corrected chi connectivity index (χ2v) is 9.93. The van der Waals surface area contributed by atoms with Gasteiger partial charge in [0.05, 0.1) is 15.9 Å². The van der Waals surface area contributed by atoms with Gasteiger partial charge in [0.1, 0.15) is 0 Å². The van der Waals surface area contributed by atoms with Crippen molar-refractivity contribution in [3.8, 4) is 0 Å². The quantitative estimate of drug-likeness (QED) is 0.329. The third-order valence-corrected chi connectivity index (χ3v) is 8.28. The standard InChI is InChI=1S/C24H15NO2S2/c26-29(27,16-8-2-1-3-9-16)25-21-12-6-4-10-17(21)19-15-24-20(14-22(19)25)18-11-5-7-13-23(18)28-24/h1-15H. The zero-order chi connectivity index (χ0) is 19.6. The van der Waals surface area contributed by atoms with E-state index in [-0.39, 0.29) is 4.90 Å². The molecule has 2 heterocycles. The number of thiophene rings is 1. The van der Waals surface area contributed by atoms with Crippen molar-refractivity contribution < 1.29 is 8.42 Å². The molecule has 6 aromatic rings. The van der Waals surface area contributed by atoms with Gasteiger partial charge in [-0.25, -0.2) is 12.4 Å². The summed E-state index contributed by atoms with van der Waals surface area (Å²) in [7, 11) is -3.73. The Morgan fingerprint density at radius 1 is 0.586 bits per heavy atom. The van der Waals surface area contributed by atoms with Crippen molar-refractivity contribution in [3.63, 3.8) is 0 Å². The fourth-order valence-electron chi connectivity index (χ4n) is 4.11. The highest BCUT2D eigenvalue weighted by Gasteiger charge is 2.23. The Hall–Kier alpha value is -3.15. The van der Waals surface area contributed by atoms with Gasteiger partial charge in [-0.3, -0.25) is 0 Å².